The van der Waals surface area contributed by atoms with Gasteiger partial charge in [0.05, 0.1) is 17.0 Å². The van der Waals surface area contributed by atoms with Gasteiger partial charge in [-0.1, -0.05) is 6.92 Å². The van der Waals surface area contributed by atoms with Gasteiger partial charge in [0.2, 0.25) is 0 Å². The molecule has 0 atom stereocenters. The number of nitrogens with one attached hydrogen (secondary N) is 1. The van der Waals surface area contributed by atoms with Crippen LogP contribution in [0.25, 0.3) is 0 Å². The first-order chi connectivity index (χ1) is 8.60. The van der Waals surface area contributed by atoms with Crippen molar-refractivity contribution < 1.29 is 4.79 Å². The smallest absolute Gasteiger partial charge is 0.255 e. The Bertz CT molecular complexity index is 406. The van der Waals surface area contributed by atoms with Crippen molar-refractivity contribution in [2.75, 3.05) is 27.2 Å². The third-order valence-corrected chi connectivity index (χ3v) is 2.82. The van der Waals surface area contributed by atoms with Crippen LogP contribution in [0.1, 0.15) is 35.1 Å². The molecule has 1 aromatic heterocycles. The van der Waals surface area contributed by atoms with E-state index >= 15 is 0 Å². The van der Waals surface area contributed by atoms with E-state index < -0.39 is 0 Å². The molecule has 100 valence electrons. The van der Waals surface area contributed by atoms with Crippen molar-refractivity contribution in [2.45, 2.75) is 26.7 Å². The highest BCUT2D eigenvalue weighted by Crippen LogP contribution is 2.10. The van der Waals surface area contributed by atoms with Crippen LogP contribution in [0.3, 0.4) is 0 Å². The summed E-state index contributed by atoms with van der Waals surface area (Å²) in [5, 5.41) is 11.2. The van der Waals surface area contributed by atoms with Crippen molar-refractivity contribution in [3.63, 3.8) is 0 Å². The fourth-order valence-corrected chi connectivity index (χ4v) is 1.76. The minimum atomic E-state index is 0.0287. The summed E-state index contributed by atoms with van der Waals surface area (Å²) in [6.45, 7) is 5.48. The lowest BCUT2D eigenvalue weighted by atomic mass is 10.1. The second-order valence-corrected chi connectivity index (χ2v) is 4.38. The zero-order chi connectivity index (χ0) is 13.5. The van der Waals surface area contributed by atoms with Gasteiger partial charge in [0.15, 0.2) is 0 Å². The summed E-state index contributed by atoms with van der Waals surface area (Å²) in [4.78, 5) is 14.1. The predicted octanol–water partition coefficient (Wildman–Crippen LogP) is 1.03. The molecule has 0 bridgehead atoms. The Morgan fingerprint density at radius 3 is 2.78 bits per heavy atom. The van der Waals surface area contributed by atoms with Gasteiger partial charge in [-0.25, -0.2) is 0 Å². The van der Waals surface area contributed by atoms with Gasteiger partial charge in [-0.15, -0.1) is 0 Å². The van der Waals surface area contributed by atoms with Gasteiger partial charge in [0, 0.05) is 13.6 Å². The van der Waals surface area contributed by atoms with E-state index in [2.05, 4.69) is 15.5 Å². The Balaban J connectivity index is 2.79. The van der Waals surface area contributed by atoms with Crippen molar-refractivity contribution in [1.82, 2.24) is 20.4 Å². The minimum Gasteiger partial charge on any atom is -0.342 e. The largest absolute Gasteiger partial charge is 0.342 e. The third kappa shape index (κ3) is 3.77. The fourth-order valence-electron chi connectivity index (χ4n) is 1.76. The fraction of sp³-hybridized carbons (Fsp3) is 0.615. The predicted molar refractivity (Wildman–Crippen MR) is 71.7 cm³/mol. The Hall–Kier alpha value is -1.49. The van der Waals surface area contributed by atoms with Crippen LogP contribution < -0.4 is 5.32 Å². The molecule has 0 aliphatic rings. The second kappa shape index (κ2) is 7.06. The van der Waals surface area contributed by atoms with Crippen molar-refractivity contribution in [1.29, 1.82) is 0 Å². The number of hydrogen-bond donors (Lipinski definition) is 1. The lowest BCUT2D eigenvalue weighted by molar-refractivity contribution is 0.0791. The molecular formula is C13H22N4O. The highest BCUT2D eigenvalue weighted by atomic mass is 16.2. The van der Waals surface area contributed by atoms with Crippen molar-refractivity contribution in [2.24, 2.45) is 0 Å². The van der Waals surface area contributed by atoms with Gasteiger partial charge in [-0.05, 0) is 39.4 Å². The van der Waals surface area contributed by atoms with E-state index in [-0.39, 0.29) is 5.91 Å². The molecule has 5 heteroatoms. The molecule has 18 heavy (non-hydrogen) atoms. The number of aryl methyl sites for hydroxylation is 2. The zero-order valence-corrected chi connectivity index (χ0v) is 11.7. The summed E-state index contributed by atoms with van der Waals surface area (Å²) in [6, 6.07) is 1.82. The Morgan fingerprint density at radius 1 is 1.44 bits per heavy atom. The van der Waals surface area contributed by atoms with Gasteiger partial charge in [0.1, 0.15) is 0 Å². The maximum Gasteiger partial charge on any atom is 0.255 e. The number of carbonyl (C=O) groups is 1. The second-order valence-electron chi connectivity index (χ2n) is 4.38. The van der Waals surface area contributed by atoms with Crippen LogP contribution in [0.4, 0.5) is 0 Å². The van der Waals surface area contributed by atoms with Gasteiger partial charge in [-0.2, -0.15) is 10.2 Å². The van der Waals surface area contributed by atoms with E-state index in [0.717, 1.165) is 37.3 Å². The zero-order valence-electron chi connectivity index (χ0n) is 11.7. The topological polar surface area (TPSA) is 58.1 Å². The molecule has 0 fully saturated rings. The van der Waals surface area contributed by atoms with Crippen LogP contribution in [0.15, 0.2) is 6.07 Å². The molecule has 0 aromatic carbocycles. The maximum atomic E-state index is 12.3. The van der Waals surface area contributed by atoms with E-state index in [1.807, 2.05) is 34.0 Å². The lowest BCUT2D eigenvalue weighted by Gasteiger charge is -2.18. The Morgan fingerprint density at radius 2 is 2.17 bits per heavy atom. The molecule has 0 spiro atoms. The minimum absolute atomic E-state index is 0.0287. The molecular weight excluding hydrogens is 228 g/mol. The first kappa shape index (κ1) is 14.6. The number of hydrogen-bond acceptors (Lipinski definition) is 4. The summed E-state index contributed by atoms with van der Waals surface area (Å²) >= 11 is 0. The number of amides is 1. The molecule has 1 N–H and O–H groups in total. The third-order valence-electron chi connectivity index (χ3n) is 2.82. The summed E-state index contributed by atoms with van der Waals surface area (Å²) in [5.74, 6) is 0.0287. The molecule has 0 radical (unpaired) electrons. The van der Waals surface area contributed by atoms with Gasteiger partial charge < -0.3 is 10.2 Å². The quantitative estimate of drug-likeness (QED) is 0.766. The van der Waals surface area contributed by atoms with Gasteiger partial charge in [0.25, 0.3) is 5.91 Å². The maximum absolute atomic E-state index is 12.3. The summed E-state index contributed by atoms with van der Waals surface area (Å²) in [7, 11) is 3.74. The van der Waals surface area contributed by atoms with Crippen LogP contribution in [0.5, 0.6) is 0 Å². The molecule has 1 amide bonds. The number of nitrogens with zero attached hydrogens (tertiary/aromatic N) is 3. The summed E-state index contributed by atoms with van der Waals surface area (Å²) in [5.41, 5.74) is 2.22. The normalized spacial score (nSPS) is 10.4. The van der Waals surface area contributed by atoms with Crippen molar-refractivity contribution in [3.05, 3.63) is 23.0 Å². The molecule has 1 rings (SSSR count). The van der Waals surface area contributed by atoms with E-state index in [0.29, 0.717) is 5.56 Å². The molecule has 0 saturated heterocycles. The molecule has 0 aliphatic heterocycles. The van der Waals surface area contributed by atoms with Crippen molar-refractivity contribution >= 4 is 5.91 Å². The summed E-state index contributed by atoms with van der Waals surface area (Å²) < 4.78 is 0. The van der Waals surface area contributed by atoms with Crippen LogP contribution in [-0.2, 0) is 6.42 Å². The van der Waals surface area contributed by atoms with Gasteiger partial charge >= 0.3 is 0 Å². The highest BCUT2D eigenvalue weighted by Gasteiger charge is 2.16. The van der Waals surface area contributed by atoms with E-state index in [1.165, 1.54) is 0 Å². The first-order valence-corrected chi connectivity index (χ1v) is 6.33. The number of carbonyl (C=O) groups excluding carboxylic acids is 1. The molecule has 1 aromatic rings. The van der Waals surface area contributed by atoms with Crippen LogP contribution in [0.2, 0.25) is 0 Å². The van der Waals surface area contributed by atoms with Crippen LogP contribution in [-0.4, -0.2) is 48.2 Å². The van der Waals surface area contributed by atoms with Crippen molar-refractivity contribution in [3.8, 4) is 0 Å². The van der Waals surface area contributed by atoms with E-state index in [4.69, 9.17) is 0 Å². The monoisotopic (exact) mass is 250 g/mol. The molecule has 5 nitrogen and oxygen atoms in total. The Labute approximate surface area is 109 Å². The molecule has 1 heterocycles. The van der Waals surface area contributed by atoms with E-state index in [1.54, 1.807) is 4.90 Å². The summed E-state index contributed by atoms with van der Waals surface area (Å²) in [6.07, 6.45) is 1.66. The average Bonchev–Trinajstić information content (AvgIpc) is 2.38. The molecule has 0 aliphatic carbocycles. The lowest BCUT2D eigenvalue weighted by Crippen LogP contribution is -2.30. The van der Waals surface area contributed by atoms with Crippen LogP contribution >= 0.6 is 0 Å². The molecule has 0 saturated carbocycles. The average molecular weight is 250 g/mol. The van der Waals surface area contributed by atoms with Crippen LogP contribution in [0, 0.1) is 6.92 Å². The van der Waals surface area contributed by atoms with E-state index in [9.17, 15) is 4.79 Å². The first-order valence-electron chi connectivity index (χ1n) is 6.33. The number of rotatable bonds is 6. The number of aromatic nitrogens is 2. The molecule has 0 unspecified atom stereocenters. The SMILES string of the molecule is CCc1nnc(C)cc1C(=O)N(C)CCCNC. The highest BCUT2D eigenvalue weighted by molar-refractivity contribution is 5.95. The Kier molecular flexibility index (Phi) is 5.71. The van der Waals surface area contributed by atoms with Gasteiger partial charge in [-0.3, -0.25) is 4.79 Å². The standard InChI is InChI=1S/C13H22N4O/c1-5-12-11(9-10(2)15-16-12)13(18)17(4)8-6-7-14-3/h9,14H,5-8H2,1-4H3.